The second-order valence-corrected chi connectivity index (χ2v) is 4.07. The van der Waals surface area contributed by atoms with Crippen molar-refractivity contribution in [3.8, 4) is 0 Å². The van der Waals surface area contributed by atoms with E-state index in [2.05, 4.69) is 29.5 Å². The fourth-order valence-electron chi connectivity index (χ4n) is 1.62. The third-order valence-corrected chi connectivity index (χ3v) is 2.98. The van der Waals surface area contributed by atoms with Crippen LogP contribution in [0.2, 0.25) is 0 Å². The van der Waals surface area contributed by atoms with E-state index in [9.17, 15) is 4.79 Å². The maximum absolute atomic E-state index is 11.9. The van der Waals surface area contributed by atoms with Crippen LogP contribution in [-0.2, 0) is 0 Å². The summed E-state index contributed by atoms with van der Waals surface area (Å²) in [6.45, 7) is 5.03. The van der Waals surface area contributed by atoms with Crippen LogP contribution < -0.4 is 10.6 Å². The predicted molar refractivity (Wildman–Crippen MR) is 70.2 cm³/mol. The third-order valence-electron chi connectivity index (χ3n) is 2.98. The Bertz CT molecular complexity index is 361. The molecule has 1 heterocycles. The van der Waals surface area contributed by atoms with E-state index in [-0.39, 0.29) is 5.91 Å². The average molecular weight is 235 g/mol. The number of rotatable bonds is 6. The van der Waals surface area contributed by atoms with Crippen LogP contribution in [0, 0.1) is 5.92 Å². The molecular formula is C13H21N3O. The fraction of sp³-hybridized carbons (Fsp3) is 0.538. The Labute approximate surface area is 103 Å². The molecule has 2 N–H and O–H groups in total. The van der Waals surface area contributed by atoms with Crippen LogP contribution in [0.1, 0.15) is 37.0 Å². The molecule has 0 fully saturated rings. The maximum Gasteiger partial charge on any atom is 0.251 e. The molecule has 94 valence electrons. The number of hydrogen-bond acceptors (Lipinski definition) is 3. The Hall–Kier alpha value is -1.58. The van der Waals surface area contributed by atoms with Gasteiger partial charge >= 0.3 is 0 Å². The largest absolute Gasteiger partial charge is 0.373 e. The number of amides is 1. The van der Waals surface area contributed by atoms with Gasteiger partial charge < -0.3 is 10.6 Å². The first-order valence-corrected chi connectivity index (χ1v) is 6.13. The highest BCUT2D eigenvalue weighted by molar-refractivity contribution is 5.94. The first kappa shape index (κ1) is 13.5. The summed E-state index contributed by atoms with van der Waals surface area (Å²) >= 11 is 0. The lowest BCUT2D eigenvalue weighted by Gasteiger charge is -2.13. The molecule has 0 saturated carbocycles. The van der Waals surface area contributed by atoms with Gasteiger partial charge in [0.25, 0.3) is 5.91 Å². The van der Waals surface area contributed by atoms with Crippen LogP contribution in [-0.4, -0.2) is 24.5 Å². The van der Waals surface area contributed by atoms with Crippen LogP contribution in [0.5, 0.6) is 0 Å². The van der Waals surface area contributed by atoms with Crippen LogP contribution >= 0.6 is 0 Å². The molecule has 4 nitrogen and oxygen atoms in total. The Balaban J connectivity index is 2.57. The van der Waals surface area contributed by atoms with Gasteiger partial charge in [-0.25, -0.2) is 4.98 Å². The van der Waals surface area contributed by atoms with Crippen molar-refractivity contribution in [2.24, 2.45) is 5.92 Å². The molecule has 0 aliphatic rings. The van der Waals surface area contributed by atoms with E-state index in [1.54, 1.807) is 25.4 Å². The first-order valence-electron chi connectivity index (χ1n) is 6.13. The highest BCUT2D eigenvalue weighted by Crippen LogP contribution is 2.08. The average Bonchev–Trinajstić information content (AvgIpc) is 2.39. The van der Waals surface area contributed by atoms with Crippen molar-refractivity contribution >= 4 is 11.7 Å². The molecule has 0 aromatic carbocycles. The van der Waals surface area contributed by atoms with Crippen molar-refractivity contribution in [1.29, 1.82) is 0 Å². The number of pyridine rings is 1. The number of nitrogens with zero attached hydrogens (tertiary/aromatic N) is 1. The molecular weight excluding hydrogens is 214 g/mol. The van der Waals surface area contributed by atoms with Crippen LogP contribution in [0.15, 0.2) is 18.3 Å². The molecule has 0 saturated heterocycles. The van der Waals surface area contributed by atoms with E-state index in [1.807, 2.05) is 0 Å². The fourth-order valence-corrected chi connectivity index (χ4v) is 1.62. The van der Waals surface area contributed by atoms with Gasteiger partial charge in [0.05, 0.1) is 0 Å². The Kier molecular flexibility index (Phi) is 5.46. The van der Waals surface area contributed by atoms with E-state index in [4.69, 9.17) is 0 Å². The standard InChI is InChI=1S/C13H21N3O/c1-4-10(5-2)9-16-13(17)11-6-7-15-12(8-11)14-3/h6-8,10H,4-5,9H2,1-3H3,(H,14,15)(H,16,17). The summed E-state index contributed by atoms with van der Waals surface area (Å²) in [4.78, 5) is 16.0. The SMILES string of the molecule is CCC(CC)CNC(=O)c1ccnc(NC)c1. The summed E-state index contributed by atoms with van der Waals surface area (Å²) in [6, 6.07) is 3.48. The monoisotopic (exact) mass is 235 g/mol. The molecule has 17 heavy (non-hydrogen) atoms. The summed E-state index contributed by atoms with van der Waals surface area (Å²) in [5, 5.41) is 5.88. The minimum Gasteiger partial charge on any atom is -0.373 e. The highest BCUT2D eigenvalue weighted by Gasteiger charge is 2.09. The van der Waals surface area contributed by atoms with Crippen molar-refractivity contribution in [2.45, 2.75) is 26.7 Å². The molecule has 0 radical (unpaired) electrons. The van der Waals surface area contributed by atoms with E-state index in [1.165, 1.54) is 0 Å². The van der Waals surface area contributed by atoms with Gasteiger partial charge in [0.2, 0.25) is 0 Å². The summed E-state index contributed by atoms with van der Waals surface area (Å²) < 4.78 is 0. The molecule has 0 atom stereocenters. The summed E-state index contributed by atoms with van der Waals surface area (Å²) in [5.41, 5.74) is 0.648. The maximum atomic E-state index is 11.9. The van der Waals surface area contributed by atoms with Crippen LogP contribution in [0.4, 0.5) is 5.82 Å². The lowest BCUT2D eigenvalue weighted by molar-refractivity contribution is 0.0946. The van der Waals surface area contributed by atoms with Crippen molar-refractivity contribution in [1.82, 2.24) is 10.3 Å². The zero-order valence-corrected chi connectivity index (χ0v) is 10.8. The molecule has 1 rings (SSSR count). The van der Waals surface area contributed by atoms with E-state index >= 15 is 0 Å². The molecule has 0 spiro atoms. The zero-order chi connectivity index (χ0) is 12.7. The molecule has 1 aromatic rings. The zero-order valence-electron chi connectivity index (χ0n) is 10.8. The number of carbonyl (C=O) groups excluding carboxylic acids is 1. The number of nitrogens with one attached hydrogen (secondary N) is 2. The van der Waals surface area contributed by atoms with Gasteiger partial charge in [-0.15, -0.1) is 0 Å². The molecule has 0 unspecified atom stereocenters. The smallest absolute Gasteiger partial charge is 0.251 e. The van der Waals surface area contributed by atoms with E-state index < -0.39 is 0 Å². The minimum absolute atomic E-state index is 0.0317. The summed E-state index contributed by atoms with van der Waals surface area (Å²) in [5.74, 6) is 1.24. The number of carbonyl (C=O) groups is 1. The second-order valence-electron chi connectivity index (χ2n) is 4.07. The lowest BCUT2D eigenvalue weighted by atomic mass is 10.0. The lowest BCUT2D eigenvalue weighted by Crippen LogP contribution is -2.28. The van der Waals surface area contributed by atoms with Crippen LogP contribution in [0.3, 0.4) is 0 Å². The van der Waals surface area contributed by atoms with Crippen LogP contribution in [0.25, 0.3) is 0 Å². The Morgan fingerprint density at radius 1 is 1.41 bits per heavy atom. The minimum atomic E-state index is -0.0317. The van der Waals surface area contributed by atoms with Crippen molar-refractivity contribution in [3.63, 3.8) is 0 Å². The quantitative estimate of drug-likeness (QED) is 0.795. The molecule has 0 aliphatic carbocycles. The van der Waals surface area contributed by atoms with Gasteiger partial charge in [-0.2, -0.15) is 0 Å². The topological polar surface area (TPSA) is 54.0 Å². The van der Waals surface area contributed by atoms with Gasteiger partial charge in [-0.05, 0) is 18.1 Å². The van der Waals surface area contributed by atoms with Gasteiger partial charge in [0.15, 0.2) is 0 Å². The molecule has 1 amide bonds. The second kappa shape index (κ2) is 6.89. The molecule has 4 heteroatoms. The first-order chi connectivity index (χ1) is 8.21. The van der Waals surface area contributed by atoms with E-state index in [0.29, 0.717) is 17.3 Å². The number of hydrogen-bond donors (Lipinski definition) is 2. The summed E-state index contributed by atoms with van der Waals surface area (Å²) in [6.07, 6.45) is 3.82. The van der Waals surface area contributed by atoms with Crippen molar-refractivity contribution < 1.29 is 4.79 Å². The van der Waals surface area contributed by atoms with Gasteiger partial charge in [-0.1, -0.05) is 26.7 Å². The van der Waals surface area contributed by atoms with Gasteiger partial charge in [0, 0.05) is 25.4 Å². The Morgan fingerprint density at radius 2 is 2.12 bits per heavy atom. The molecule has 0 aliphatic heterocycles. The molecule has 0 bridgehead atoms. The van der Waals surface area contributed by atoms with Gasteiger partial charge in [-0.3, -0.25) is 4.79 Å². The van der Waals surface area contributed by atoms with Gasteiger partial charge in [0.1, 0.15) is 5.82 Å². The normalized spacial score (nSPS) is 10.4. The highest BCUT2D eigenvalue weighted by atomic mass is 16.1. The third kappa shape index (κ3) is 4.06. The summed E-state index contributed by atoms with van der Waals surface area (Å²) in [7, 11) is 1.79. The number of anilines is 1. The van der Waals surface area contributed by atoms with Crippen molar-refractivity contribution in [2.75, 3.05) is 18.9 Å². The van der Waals surface area contributed by atoms with E-state index in [0.717, 1.165) is 19.4 Å². The van der Waals surface area contributed by atoms with Crippen molar-refractivity contribution in [3.05, 3.63) is 23.9 Å². The number of aromatic nitrogens is 1. The predicted octanol–water partition coefficient (Wildman–Crippen LogP) is 2.29. The molecule has 1 aromatic heterocycles. The Morgan fingerprint density at radius 3 is 2.71 bits per heavy atom.